The molecule has 0 amide bonds. The molecular weight excluding hydrogens is 280 g/mol. The lowest BCUT2D eigenvalue weighted by atomic mass is 10.1. The van der Waals surface area contributed by atoms with Crippen molar-refractivity contribution in [2.75, 3.05) is 5.32 Å². The van der Waals surface area contributed by atoms with Crippen LogP contribution in [-0.2, 0) is 6.67 Å². The maximum Gasteiger partial charge on any atom is 0.335 e. The Hall–Kier alpha value is -2.89. The van der Waals surface area contributed by atoms with Gasteiger partial charge in [0.05, 0.1) is 11.1 Å². The number of anilines is 1. The van der Waals surface area contributed by atoms with Gasteiger partial charge in [0.2, 0.25) is 0 Å². The normalized spacial score (nSPS) is 10.8. The lowest BCUT2D eigenvalue weighted by Crippen LogP contribution is -2.09. The monoisotopic (exact) mass is 296 g/mol. The third-order valence-electron chi connectivity index (χ3n) is 3.69. The summed E-state index contributed by atoms with van der Waals surface area (Å²) in [4.78, 5) is 10.8. The van der Waals surface area contributed by atoms with E-state index in [0.717, 1.165) is 16.7 Å². The largest absolute Gasteiger partial charge is 0.478 e. The summed E-state index contributed by atoms with van der Waals surface area (Å²) in [7, 11) is 0. The van der Waals surface area contributed by atoms with E-state index in [-0.39, 0.29) is 5.56 Å². The smallest absolute Gasteiger partial charge is 0.335 e. The Morgan fingerprint density at radius 3 is 2.55 bits per heavy atom. The Kier molecular flexibility index (Phi) is 3.50. The van der Waals surface area contributed by atoms with Gasteiger partial charge in [0.1, 0.15) is 12.2 Å². The van der Waals surface area contributed by atoms with Crippen molar-refractivity contribution < 1.29 is 9.90 Å². The third kappa shape index (κ3) is 2.63. The molecule has 2 aromatic carbocycles. The fraction of sp³-hybridized carbons (Fsp3) is 0.188. The summed E-state index contributed by atoms with van der Waals surface area (Å²) in [6, 6.07) is 10.7. The van der Waals surface area contributed by atoms with Crippen molar-refractivity contribution in [1.82, 2.24) is 15.0 Å². The van der Waals surface area contributed by atoms with Crippen LogP contribution in [0.4, 0.5) is 5.69 Å². The molecule has 0 spiro atoms. The maximum absolute atomic E-state index is 10.8. The first-order valence-corrected chi connectivity index (χ1v) is 6.92. The quantitative estimate of drug-likeness (QED) is 0.774. The van der Waals surface area contributed by atoms with Crippen LogP contribution in [0.1, 0.15) is 21.5 Å². The Bertz CT molecular complexity index is 837. The number of hydrogen-bond acceptors (Lipinski definition) is 4. The van der Waals surface area contributed by atoms with Gasteiger partial charge in [0.25, 0.3) is 0 Å². The molecule has 0 radical (unpaired) electrons. The topological polar surface area (TPSA) is 80.0 Å². The second kappa shape index (κ2) is 5.48. The summed E-state index contributed by atoms with van der Waals surface area (Å²) in [5.74, 6) is -0.931. The summed E-state index contributed by atoms with van der Waals surface area (Å²) in [5.41, 5.74) is 5.32. The highest BCUT2D eigenvalue weighted by atomic mass is 16.4. The summed E-state index contributed by atoms with van der Waals surface area (Å²) in [5, 5.41) is 20.4. The number of carbonyl (C=O) groups is 1. The lowest BCUT2D eigenvalue weighted by Gasteiger charge is -2.08. The number of rotatable bonds is 4. The van der Waals surface area contributed by atoms with Gasteiger partial charge >= 0.3 is 5.97 Å². The van der Waals surface area contributed by atoms with Crippen LogP contribution in [0.3, 0.4) is 0 Å². The van der Waals surface area contributed by atoms with Crippen LogP contribution in [0, 0.1) is 13.8 Å². The van der Waals surface area contributed by atoms with Gasteiger partial charge in [-0.05, 0) is 61.4 Å². The van der Waals surface area contributed by atoms with E-state index in [1.165, 1.54) is 11.1 Å². The van der Waals surface area contributed by atoms with Crippen LogP contribution in [0.2, 0.25) is 0 Å². The predicted octanol–water partition coefficient (Wildman–Crippen LogP) is 2.82. The summed E-state index contributed by atoms with van der Waals surface area (Å²) < 4.78 is 1.78. The minimum Gasteiger partial charge on any atom is -0.478 e. The van der Waals surface area contributed by atoms with Gasteiger partial charge in [-0.2, -0.15) is 0 Å². The molecule has 0 bridgehead atoms. The van der Waals surface area contributed by atoms with E-state index in [9.17, 15) is 4.79 Å². The van der Waals surface area contributed by atoms with E-state index in [2.05, 4.69) is 35.5 Å². The van der Waals surface area contributed by atoms with Gasteiger partial charge in [-0.1, -0.05) is 5.21 Å². The second-order valence-electron chi connectivity index (χ2n) is 5.23. The Balaban J connectivity index is 1.79. The predicted molar refractivity (Wildman–Crippen MR) is 84.0 cm³/mol. The molecule has 1 aromatic heterocycles. The van der Waals surface area contributed by atoms with Crippen LogP contribution < -0.4 is 5.32 Å². The molecule has 3 rings (SSSR count). The van der Waals surface area contributed by atoms with Crippen molar-refractivity contribution >= 4 is 22.7 Å². The molecular formula is C16H16N4O2. The van der Waals surface area contributed by atoms with E-state index in [1.54, 1.807) is 28.9 Å². The first kappa shape index (κ1) is 14.1. The van der Waals surface area contributed by atoms with Crippen LogP contribution in [0.15, 0.2) is 36.4 Å². The standard InChI is InChI=1S/C16H16N4O2/c1-10-7-14-15(8-11(10)2)20(19-18-14)9-17-13-5-3-12(4-6-13)16(21)22/h3-8,17H,9H2,1-2H3,(H,21,22). The highest BCUT2D eigenvalue weighted by Gasteiger charge is 2.07. The van der Waals surface area contributed by atoms with E-state index in [1.807, 2.05) is 6.07 Å². The minimum atomic E-state index is -0.931. The number of benzene rings is 2. The summed E-state index contributed by atoms with van der Waals surface area (Å²) in [6.07, 6.45) is 0. The molecule has 0 saturated heterocycles. The fourth-order valence-corrected chi connectivity index (χ4v) is 2.24. The number of aryl methyl sites for hydroxylation is 2. The molecule has 0 aliphatic heterocycles. The second-order valence-corrected chi connectivity index (χ2v) is 5.23. The molecule has 0 aliphatic carbocycles. The lowest BCUT2D eigenvalue weighted by molar-refractivity contribution is 0.0697. The maximum atomic E-state index is 10.8. The first-order chi connectivity index (χ1) is 10.5. The van der Waals surface area contributed by atoms with Gasteiger partial charge in [-0.3, -0.25) is 0 Å². The van der Waals surface area contributed by atoms with Gasteiger partial charge in [0, 0.05) is 5.69 Å². The zero-order valence-electron chi connectivity index (χ0n) is 12.4. The molecule has 112 valence electrons. The Labute approximate surface area is 127 Å². The van der Waals surface area contributed by atoms with Crippen molar-refractivity contribution in [2.45, 2.75) is 20.5 Å². The first-order valence-electron chi connectivity index (χ1n) is 6.92. The SMILES string of the molecule is Cc1cc2nnn(CNc3ccc(C(=O)O)cc3)c2cc1C. The summed E-state index contributed by atoms with van der Waals surface area (Å²) >= 11 is 0. The minimum absolute atomic E-state index is 0.267. The zero-order chi connectivity index (χ0) is 15.7. The van der Waals surface area contributed by atoms with E-state index < -0.39 is 5.97 Å². The van der Waals surface area contributed by atoms with Gasteiger partial charge < -0.3 is 10.4 Å². The number of carboxylic acid groups (broad SMARTS) is 1. The Morgan fingerprint density at radius 1 is 1.18 bits per heavy atom. The molecule has 0 atom stereocenters. The molecule has 3 aromatic rings. The van der Waals surface area contributed by atoms with Crippen LogP contribution in [0.25, 0.3) is 11.0 Å². The van der Waals surface area contributed by atoms with Crippen molar-refractivity contribution in [3.8, 4) is 0 Å². The third-order valence-corrected chi connectivity index (χ3v) is 3.69. The average Bonchev–Trinajstić information content (AvgIpc) is 2.88. The van der Waals surface area contributed by atoms with Crippen molar-refractivity contribution in [2.24, 2.45) is 0 Å². The van der Waals surface area contributed by atoms with Crippen LogP contribution in [0.5, 0.6) is 0 Å². The highest BCUT2D eigenvalue weighted by molar-refractivity contribution is 5.88. The average molecular weight is 296 g/mol. The van der Waals surface area contributed by atoms with Crippen molar-refractivity contribution in [3.63, 3.8) is 0 Å². The molecule has 0 saturated carbocycles. The zero-order valence-corrected chi connectivity index (χ0v) is 12.4. The molecule has 22 heavy (non-hydrogen) atoms. The van der Waals surface area contributed by atoms with Gasteiger partial charge in [0.15, 0.2) is 0 Å². The number of hydrogen-bond donors (Lipinski definition) is 2. The van der Waals surface area contributed by atoms with Gasteiger partial charge in [-0.25, -0.2) is 9.48 Å². The molecule has 1 heterocycles. The summed E-state index contributed by atoms with van der Waals surface area (Å²) in [6.45, 7) is 4.58. The van der Waals surface area contributed by atoms with E-state index >= 15 is 0 Å². The van der Waals surface area contributed by atoms with Crippen LogP contribution >= 0.6 is 0 Å². The van der Waals surface area contributed by atoms with Crippen molar-refractivity contribution in [3.05, 3.63) is 53.1 Å². The van der Waals surface area contributed by atoms with Gasteiger partial charge in [-0.15, -0.1) is 5.10 Å². The Morgan fingerprint density at radius 2 is 1.86 bits per heavy atom. The highest BCUT2D eigenvalue weighted by Crippen LogP contribution is 2.17. The van der Waals surface area contributed by atoms with Crippen molar-refractivity contribution in [1.29, 1.82) is 0 Å². The molecule has 2 N–H and O–H groups in total. The van der Waals surface area contributed by atoms with Crippen LogP contribution in [-0.4, -0.2) is 26.1 Å². The number of aromatic carboxylic acids is 1. The number of nitrogens with one attached hydrogen (secondary N) is 1. The molecule has 6 heteroatoms. The fourth-order valence-electron chi connectivity index (χ4n) is 2.24. The molecule has 6 nitrogen and oxygen atoms in total. The number of carboxylic acids is 1. The molecule has 0 unspecified atom stereocenters. The van der Waals surface area contributed by atoms with E-state index in [0.29, 0.717) is 6.67 Å². The molecule has 0 fully saturated rings. The number of aromatic nitrogens is 3. The molecule has 0 aliphatic rings. The number of fused-ring (bicyclic) bond motifs is 1. The number of nitrogens with zero attached hydrogens (tertiary/aromatic N) is 3. The van der Waals surface area contributed by atoms with E-state index in [4.69, 9.17) is 5.11 Å².